The molecule has 0 atom stereocenters. The van der Waals surface area contributed by atoms with Crippen LogP contribution in [0, 0.1) is 5.82 Å². The lowest BCUT2D eigenvalue weighted by molar-refractivity contribution is 0.0601. The molecule has 0 heterocycles. The first-order valence-corrected chi connectivity index (χ1v) is 6.86. The number of benzene rings is 2. The first-order chi connectivity index (χ1) is 10.0. The molecule has 0 amide bonds. The molecule has 0 bridgehead atoms. The monoisotopic (exact) mass is 307 g/mol. The van der Waals surface area contributed by atoms with Gasteiger partial charge in [-0.2, -0.15) is 0 Å². The van der Waals surface area contributed by atoms with Gasteiger partial charge in [0.25, 0.3) is 0 Å². The van der Waals surface area contributed by atoms with E-state index in [0.717, 1.165) is 11.0 Å². The molecule has 110 valence electrons. The third-order valence-corrected chi connectivity index (χ3v) is 3.84. The highest BCUT2D eigenvalue weighted by Gasteiger charge is 2.15. The van der Waals surface area contributed by atoms with E-state index in [0.29, 0.717) is 10.6 Å². The maximum atomic E-state index is 14.0. The molecular formula is C15H14FNO3S. The number of ether oxygens (including phenoxy) is 2. The van der Waals surface area contributed by atoms with Gasteiger partial charge in [0.05, 0.1) is 19.8 Å². The van der Waals surface area contributed by atoms with E-state index in [1.165, 1.54) is 24.9 Å². The number of carbonyl (C=O) groups is 1. The Labute approximate surface area is 126 Å². The zero-order chi connectivity index (χ0) is 15.4. The number of esters is 1. The zero-order valence-electron chi connectivity index (χ0n) is 11.6. The van der Waals surface area contributed by atoms with E-state index in [9.17, 15) is 9.18 Å². The molecule has 0 spiro atoms. The number of hydrogen-bond acceptors (Lipinski definition) is 5. The van der Waals surface area contributed by atoms with Crippen molar-refractivity contribution in [1.82, 2.24) is 0 Å². The molecule has 0 aliphatic rings. The molecule has 4 nitrogen and oxygen atoms in total. The SMILES string of the molecule is COC(=O)c1cc(Sc2ccc(OC)cc2)c(F)cc1N. The summed E-state index contributed by atoms with van der Waals surface area (Å²) in [4.78, 5) is 12.7. The molecule has 0 aliphatic heterocycles. The largest absolute Gasteiger partial charge is 0.497 e. The number of anilines is 1. The fourth-order valence-electron chi connectivity index (χ4n) is 1.70. The van der Waals surface area contributed by atoms with Gasteiger partial charge in [0.15, 0.2) is 0 Å². The fourth-order valence-corrected chi connectivity index (χ4v) is 2.56. The van der Waals surface area contributed by atoms with Gasteiger partial charge in [0, 0.05) is 15.5 Å². The van der Waals surface area contributed by atoms with Crippen molar-refractivity contribution in [3.63, 3.8) is 0 Å². The van der Waals surface area contributed by atoms with Crippen molar-refractivity contribution in [2.24, 2.45) is 0 Å². The Morgan fingerprint density at radius 3 is 2.43 bits per heavy atom. The third-order valence-electron chi connectivity index (χ3n) is 2.80. The molecule has 0 aromatic heterocycles. The van der Waals surface area contributed by atoms with Gasteiger partial charge in [-0.05, 0) is 36.4 Å². The van der Waals surface area contributed by atoms with Crippen LogP contribution in [0.5, 0.6) is 5.75 Å². The van der Waals surface area contributed by atoms with Gasteiger partial charge in [0.1, 0.15) is 11.6 Å². The molecule has 21 heavy (non-hydrogen) atoms. The highest BCUT2D eigenvalue weighted by atomic mass is 32.2. The van der Waals surface area contributed by atoms with E-state index >= 15 is 0 Å². The highest BCUT2D eigenvalue weighted by Crippen LogP contribution is 2.33. The van der Waals surface area contributed by atoms with E-state index in [1.807, 2.05) is 0 Å². The second-order valence-electron chi connectivity index (χ2n) is 4.14. The van der Waals surface area contributed by atoms with Crippen LogP contribution in [0.1, 0.15) is 10.4 Å². The molecule has 0 aliphatic carbocycles. The number of halogens is 1. The summed E-state index contributed by atoms with van der Waals surface area (Å²) in [5, 5.41) is 0. The lowest BCUT2D eigenvalue weighted by Gasteiger charge is -2.09. The minimum absolute atomic E-state index is 0.0541. The Kier molecular flexibility index (Phi) is 4.70. The summed E-state index contributed by atoms with van der Waals surface area (Å²) < 4.78 is 23.6. The van der Waals surface area contributed by atoms with Crippen LogP contribution < -0.4 is 10.5 Å². The Balaban J connectivity index is 2.32. The molecule has 2 rings (SSSR count). The second kappa shape index (κ2) is 6.49. The summed E-state index contributed by atoms with van der Waals surface area (Å²) in [5.74, 6) is -0.363. The highest BCUT2D eigenvalue weighted by molar-refractivity contribution is 7.99. The average molecular weight is 307 g/mol. The quantitative estimate of drug-likeness (QED) is 0.693. The van der Waals surface area contributed by atoms with Gasteiger partial charge < -0.3 is 15.2 Å². The summed E-state index contributed by atoms with van der Waals surface area (Å²) in [7, 11) is 2.83. The van der Waals surface area contributed by atoms with E-state index in [2.05, 4.69) is 4.74 Å². The van der Waals surface area contributed by atoms with Crippen molar-refractivity contribution in [2.45, 2.75) is 9.79 Å². The molecule has 0 radical (unpaired) electrons. The van der Waals surface area contributed by atoms with Crippen LogP contribution in [-0.4, -0.2) is 20.2 Å². The molecule has 0 saturated heterocycles. The lowest BCUT2D eigenvalue weighted by Crippen LogP contribution is -2.06. The van der Waals surface area contributed by atoms with E-state index in [4.69, 9.17) is 10.5 Å². The Bertz CT molecular complexity index is 659. The summed E-state index contributed by atoms with van der Waals surface area (Å²) in [6.45, 7) is 0. The van der Waals surface area contributed by atoms with Gasteiger partial charge >= 0.3 is 5.97 Å². The average Bonchev–Trinajstić information content (AvgIpc) is 2.50. The molecule has 0 saturated carbocycles. The molecule has 6 heteroatoms. The van der Waals surface area contributed by atoms with Crippen LogP contribution in [0.4, 0.5) is 10.1 Å². The van der Waals surface area contributed by atoms with Crippen molar-refractivity contribution in [3.05, 3.63) is 47.8 Å². The van der Waals surface area contributed by atoms with Gasteiger partial charge in [0.2, 0.25) is 0 Å². The van der Waals surface area contributed by atoms with Gasteiger partial charge in [-0.15, -0.1) is 0 Å². The molecular weight excluding hydrogens is 293 g/mol. The van der Waals surface area contributed by atoms with Crippen LogP contribution >= 0.6 is 11.8 Å². The third kappa shape index (κ3) is 3.46. The fraction of sp³-hybridized carbons (Fsp3) is 0.133. The Morgan fingerprint density at radius 1 is 1.19 bits per heavy atom. The smallest absolute Gasteiger partial charge is 0.339 e. The van der Waals surface area contributed by atoms with Crippen molar-refractivity contribution < 1.29 is 18.7 Å². The van der Waals surface area contributed by atoms with Gasteiger partial charge in [-0.3, -0.25) is 0 Å². The predicted molar refractivity (Wildman–Crippen MR) is 79.3 cm³/mol. The van der Waals surface area contributed by atoms with Crippen LogP contribution in [0.15, 0.2) is 46.2 Å². The van der Waals surface area contributed by atoms with Crippen LogP contribution in [0.3, 0.4) is 0 Å². The number of carbonyl (C=O) groups excluding carboxylic acids is 1. The van der Waals surface area contributed by atoms with Gasteiger partial charge in [-0.25, -0.2) is 9.18 Å². The first-order valence-electron chi connectivity index (χ1n) is 6.04. The van der Waals surface area contributed by atoms with Crippen molar-refractivity contribution >= 4 is 23.4 Å². The van der Waals surface area contributed by atoms with E-state index in [-0.39, 0.29) is 11.3 Å². The standard InChI is InChI=1S/C15H14FNO3S/c1-19-9-3-5-10(6-4-9)21-14-7-11(15(18)20-2)13(17)8-12(14)16/h3-8H,17H2,1-2H3. The topological polar surface area (TPSA) is 61.5 Å². The Hall–Kier alpha value is -2.21. The van der Waals surface area contributed by atoms with Crippen LogP contribution in [0.2, 0.25) is 0 Å². The summed E-state index contributed by atoms with van der Waals surface area (Å²) in [6, 6.07) is 9.68. The van der Waals surface area contributed by atoms with Crippen molar-refractivity contribution in [1.29, 1.82) is 0 Å². The summed E-state index contributed by atoms with van der Waals surface area (Å²) in [5.41, 5.74) is 5.83. The maximum absolute atomic E-state index is 14.0. The summed E-state index contributed by atoms with van der Waals surface area (Å²) in [6.07, 6.45) is 0. The van der Waals surface area contributed by atoms with Crippen LogP contribution in [-0.2, 0) is 4.74 Å². The van der Waals surface area contributed by atoms with Crippen LogP contribution in [0.25, 0.3) is 0 Å². The minimum atomic E-state index is -0.593. The van der Waals surface area contributed by atoms with E-state index in [1.54, 1.807) is 31.4 Å². The number of methoxy groups -OCH3 is 2. The molecule has 2 N–H and O–H groups in total. The normalized spacial score (nSPS) is 10.2. The molecule has 2 aromatic rings. The molecule has 0 unspecified atom stereocenters. The first kappa shape index (κ1) is 15.2. The predicted octanol–water partition coefficient (Wildman–Crippen LogP) is 3.35. The minimum Gasteiger partial charge on any atom is -0.497 e. The number of nitrogen functional groups attached to an aromatic ring is 1. The summed E-state index contributed by atoms with van der Waals surface area (Å²) >= 11 is 1.19. The lowest BCUT2D eigenvalue weighted by atomic mass is 10.2. The molecule has 2 aromatic carbocycles. The Morgan fingerprint density at radius 2 is 1.86 bits per heavy atom. The van der Waals surface area contributed by atoms with Crippen molar-refractivity contribution in [3.8, 4) is 5.75 Å². The van der Waals surface area contributed by atoms with E-state index < -0.39 is 11.8 Å². The maximum Gasteiger partial charge on any atom is 0.339 e. The van der Waals surface area contributed by atoms with Gasteiger partial charge in [-0.1, -0.05) is 11.8 Å². The molecule has 0 fully saturated rings. The van der Waals surface area contributed by atoms with Crippen molar-refractivity contribution in [2.75, 3.05) is 20.0 Å². The second-order valence-corrected chi connectivity index (χ2v) is 5.25. The number of hydrogen-bond donors (Lipinski definition) is 1. The zero-order valence-corrected chi connectivity index (χ0v) is 12.4. The number of rotatable bonds is 4. The number of nitrogens with two attached hydrogens (primary N) is 1.